The Morgan fingerprint density at radius 2 is 1.60 bits per heavy atom. The van der Waals surface area contributed by atoms with E-state index in [2.05, 4.69) is 26.2 Å². The molecule has 35 heavy (non-hydrogen) atoms. The minimum atomic E-state index is -0.704. The quantitative estimate of drug-likeness (QED) is 0.474. The van der Waals surface area contributed by atoms with Crippen LogP contribution < -0.4 is 0 Å². The molecule has 0 radical (unpaired) electrons. The minimum Gasteiger partial charge on any atom is -0.481 e. The smallest absolute Gasteiger partial charge is 0.306 e. The Hall–Kier alpha value is -3.85. The lowest BCUT2D eigenvalue weighted by atomic mass is 9.71. The van der Waals surface area contributed by atoms with Crippen molar-refractivity contribution >= 4 is 5.97 Å². The van der Waals surface area contributed by atoms with Gasteiger partial charge in [0.2, 0.25) is 0 Å². The molecule has 0 unspecified atom stereocenters. The number of aliphatic carboxylic acids is 1. The summed E-state index contributed by atoms with van der Waals surface area (Å²) in [7, 11) is 1.90. The van der Waals surface area contributed by atoms with Crippen LogP contribution in [0.3, 0.4) is 0 Å². The monoisotopic (exact) mass is 470 g/mol. The molecule has 1 saturated heterocycles. The van der Waals surface area contributed by atoms with Gasteiger partial charge in [0.1, 0.15) is 0 Å². The van der Waals surface area contributed by atoms with Crippen molar-refractivity contribution < 1.29 is 14.6 Å². The SMILES string of the molecule is Cn1cc(-c2cccc(-c3ncc(-c4cnn(C5[C@H]6COC[C@H]5CC(C(=O)O)C6)c4)cn3)c2)cn1. The number of ether oxygens (including phenoxy) is 1. The Morgan fingerprint density at radius 3 is 2.29 bits per heavy atom. The number of aromatic nitrogens is 6. The molecule has 3 aromatic heterocycles. The normalized spacial score (nSPS) is 23.8. The number of nitrogens with zero attached hydrogens (tertiary/aromatic N) is 6. The van der Waals surface area contributed by atoms with Crippen LogP contribution in [0.15, 0.2) is 61.4 Å². The lowest BCUT2D eigenvalue weighted by Gasteiger charge is -2.44. The van der Waals surface area contributed by atoms with Gasteiger partial charge < -0.3 is 9.84 Å². The van der Waals surface area contributed by atoms with Gasteiger partial charge in [-0.2, -0.15) is 10.2 Å². The second-order valence-corrected chi connectivity index (χ2v) is 9.54. The summed E-state index contributed by atoms with van der Waals surface area (Å²) in [4.78, 5) is 20.8. The molecule has 2 atom stereocenters. The van der Waals surface area contributed by atoms with Gasteiger partial charge in [-0.05, 0) is 24.5 Å². The van der Waals surface area contributed by atoms with Gasteiger partial charge in [0.05, 0.1) is 37.6 Å². The van der Waals surface area contributed by atoms with E-state index in [0.717, 1.165) is 27.8 Å². The van der Waals surface area contributed by atoms with E-state index in [1.165, 1.54) is 0 Å². The summed E-state index contributed by atoms with van der Waals surface area (Å²) in [5.41, 5.74) is 4.89. The fourth-order valence-electron chi connectivity index (χ4n) is 5.51. The van der Waals surface area contributed by atoms with Crippen molar-refractivity contribution in [3.63, 3.8) is 0 Å². The van der Waals surface area contributed by atoms with E-state index in [1.54, 1.807) is 4.68 Å². The van der Waals surface area contributed by atoms with Gasteiger partial charge >= 0.3 is 5.97 Å². The van der Waals surface area contributed by atoms with Gasteiger partial charge in [0.25, 0.3) is 0 Å². The van der Waals surface area contributed by atoms with Crippen molar-refractivity contribution in [2.24, 2.45) is 24.8 Å². The van der Waals surface area contributed by atoms with Gasteiger partial charge in [-0.3, -0.25) is 14.2 Å². The van der Waals surface area contributed by atoms with E-state index in [0.29, 0.717) is 31.9 Å². The Morgan fingerprint density at radius 1 is 0.914 bits per heavy atom. The maximum Gasteiger partial charge on any atom is 0.306 e. The predicted octanol–water partition coefficient (Wildman–Crippen LogP) is 3.71. The molecule has 0 amide bonds. The summed E-state index contributed by atoms with van der Waals surface area (Å²) in [5, 5.41) is 18.4. The van der Waals surface area contributed by atoms with Gasteiger partial charge in [-0.15, -0.1) is 0 Å². The molecule has 9 heteroatoms. The summed E-state index contributed by atoms with van der Waals surface area (Å²) >= 11 is 0. The van der Waals surface area contributed by atoms with Gasteiger partial charge in [0.15, 0.2) is 5.82 Å². The fraction of sp³-hybridized carbons (Fsp3) is 0.346. The number of hydrogen-bond donors (Lipinski definition) is 1. The van der Waals surface area contributed by atoms with E-state index in [9.17, 15) is 9.90 Å². The Labute approximate surface area is 202 Å². The van der Waals surface area contributed by atoms with Crippen LogP contribution >= 0.6 is 0 Å². The third-order valence-corrected chi connectivity index (χ3v) is 7.20. The number of fused-ring (bicyclic) bond motifs is 2. The van der Waals surface area contributed by atoms with Crippen LogP contribution in [-0.2, 0) is 16.6 Å². The summed E-state index contributed by atoms with van der Waals surface area (Å²) < 4.78 is 9.52. The molecule has 4 aromatic rings. The number of aryl methyl sites for hydroxylation is 1. The van der Waals surface area contributed by atoms with Crippen molar-refractivity contribution in [2.45, 2.75) is 18.9 Å². The Kier molecular flexibility index (Phi) is 5.41. The van der Waals surface area contributed by atoms with Crippen LogP contribution in [0.25, 0.3) is 33.6 Å². The number of carboxylic acids is 1. The lowest BCUT2D eigenvalue weighted by molar-refractivity contribution is -0.149. The first-order chi connectivity index (χ1) is 17.0. The lowest BCUT2D eigenvalue weighted by Crippen LogP contribution is -2.45. The third kappa shape index (κ3) is 4.12. The number of carboxylic acid groups (broad SMARTS) is 1. The first-order valence-electron chi connectivity index (χ1n) is 11.8. The minimum absolute atomic E-state index is 0.155. The molecule has 2 fully saturated rings. The molecule has 1 aliphatic carbocycles. The second kappa shape index (κ2) is 8.74. The summed E-state index contributed by atoms with van der Waals surface area (Å²) in [6, 6.07) is 8.27. The second-order valence-electron chi connectivity index (χ2n) is 9.54. The molecule has 1 aliphatic heterocycles. The predicted molar refractivity (Wildman–Crippen MR) is 128 cm³/mol. The average Bonchev–Trinajstić information content (AvgIpc) is 3.53. The van der Waals surface area contributed by atoms with E-state index in [-0.39, 0.29) is 23.8 Å². The number of benzene rings is 1. The Balaban J connectivity index is 1.22. The van der Waals surface area contributed by atoms with Gasteiger partial charge in [-0.25, -0.2) is 9.97 Å². The van der Waals surface area contributed by atoms with Crippen molar-refractivity contribution in [2.75, 3.05) is 13.2 Å². The van der Waals surface area contributed by atoms with Crippen LogP contribution in [0, 0.1) is 17.8 Å². The first kappa shape index (κ1) is 21.7. The fourth-order valence-corrected chi connectivity index (χ4v) is 5.51. The van der Waals surface area contributed by atoms with Crippen LogP contribution in [0.2, 0.25) is 0 Å². The Bertz CT molecular complexity index is 1350. The van der Waals surface area contributed by atoms with Crippen molar-refractivity contribution in [1.29, 1.82) is 0 Å². The zero-order valence-electron chi connectivity index (χ0n) is 19.4. The zero-order chi connectivity index (χ0) is 23.9. The zero-order valence-corrected chi connectivity index (χ0v) is 19.4. The van der Waals surface area contributed by atoms with Crippen molar-refractivity contribution in [1.82, 2.24) is 29.5 Å². The van der Waals surface area contributed by atoms with E-state index < -0.39 is 5.97 Å². The molecule has 1 N–H and O–H groups in total. The van der Waals surface area contributed by atoms with Gasteiger partial charge in [-0.1, -0.05) is 18.2 Å². The molecule has 1 aromatic carbocycles. The number of carbonyl (C=O) groups is 1. The van der Waals surface area contributed by atoms with Crippen molar-refractivity contribution in [3.8, 4) is 33.6 Å². The molecule has 4 heterocycles. The van der Waals surface area contributed by atoms with Crippen molar-refractivity contribution in [3.05, 3.63) is 61.4 Å². The highest BCUT2D eigenvalue weighted by Crippen LogP contribution is 2.44. The summed E-state index contributed by atoms with van der Waals surface area (Å²) in [5.74, 6) is -0.0304. The number of hydrogen-bond acceptors (Lipinski definition) is 6. The average molecular weight is 471 g/mol. The van der Waals surface area contributed by atoms with E-state index in [4.69, 9.17) is 4.74 Å². The van der Waals surface area contributed by atoms with E-state index in [1.807, 2.05) is 67.1 Å². The molecule has 6 rings (SSSR count). The highest BCUT2D eigenvalue weighted by atomic mass is 16.5. The van der Waals surface area contributed by atoms with Gasteiger partial charge in [0, 0.05) is 65.9 Å². The highest BCUT2D eigenvalue weighted by molar-refractivity contribution is 5.71. The molecule has 0 spiro atoms. The standard InChI is InChI=1S/C26H26N6O3/c1-31-12-22(10-29-31)16-3-2-4-17(5-16)25-27-8-21(9-28-25)23-11-30-32(13-23)24-19-6-18(26(33)34)7-20(24)15-35-14-19/h2-5,8-13,18-20,24H,6-7,14-15H2,1H3,(H,33,34)/t18?,19-,20-,24?/m1/s1. The molecule has 2 aliphatic rings. The summed E-state index contributed by atoms with van der Waals surface area (Å²) in [6.45, 7) is 1.16. The molecule has 178 valence electrons. The maximum atomic E-state index is 11.6. The topological polar surface area (TPSA) is 108 Å². The third-order valence-electron chi connectivity index (χ3n) is 7.20. The maximum absolute atomic E-state index is 11.6. The molecule has 9 nitrogen and oxygen atoms in total. The first-order valence-corrected chi connectivity index (χ1v) is 11.8. The molecule has 2 bridgehead atoms. The largest absolute Gasteiger partial charge is 0.481 e. The van der Waals surface area contributed by atoms with Crippen LogP contribution in [-0.4, -0.2) is 53.8 Å². The van der Waals surface area contributed by atoms with Crippen LogP contribution in [0.1, 0.15) is 18.9 Å². The molecular weight excluding hydrogens is 444 g/mol. The van der Waals surface area contributed by atoms with Crippen LogP contribution in [0.5, 0.6) is 0 Å². The van der Waals surface area contributed by atoms with E-state index >= 15 is 0 Å². The highest BCUT2D eigenvalue weighted by Gasteiger charge is 2.44. The summed E-state index contributed by atoms with van der Waals surface area (Å²) in [6.07, 6.45) is 12.6. The molecular formula is C26H26N6O3. The molecule has 1 saturated carbocycles. The van der Waals surface area contributed by atoms with Crippen LogP contribution in [0.4, 0.5) is 0 Å². The number of rotatable bonds is 5.